The molecule has 27 heavy (non-hydrogen) atoms. The SMILES string of the molecule is O=C(NCc1ccc(OCc2ccccc2)cc1)c1n[nH]c2c1CCCC2. The van der Waals surface area contributed by atoms with Crippen molar-refractivity contribution in [1.82, 2.24) is 15.5 Å². The van der Waals surface area contributed by atoms with E-state index in [1.807, 2.05) is 54.6 Å². The number of aromatic amines is 1. The first-order valence-corrected chi connectivity index (χ1v) is 9.39. The fourth-order valence-electron chi connectivity index (χ4n) is 3.38. The third kappa shape index (κ3) is 4.19. The maximum Gasteiger partial charge on any atom is 0.272 e. The number of amides is 1. The van der Waals surface area contributed by atoms with Gasteiger partial charge in [-0.3, -0.25) is 9.89 Å². The summed E-state index contributed by atoms with van der Waals surface area (Å²) in [5.74, 6) is 0.703. The second-order valence-corrected chi connectivity index (χ2v) is 6.84. The van der Waals surface area contributed by atoms with Crippen LogP contribution in [0.3, 0.4) is 0 Å². The fourth-order valence-corrected chi connectivity index (χ4v) is 3.38. The molecule has 1 heterocycles. The maximum absolute atomic E-state index is 12.5. The highest BCUT2D eigenvalue weighted by Gasteiger charge is 2.21. The first kappa shape index (κ1) is 17.3. The Balaban J connectivity index is 1.31. The van der Waals surface area contributed by atoms with Crippen molar-refractivity contribution in [2.24, 2.45) is 0 Å². The van der Waals surface area contributed by atoms with Crippen molar-refractivity contribution < 1.29 is 9.53 Å². The number of nitrogens with one attached hydrogen (secondary N) is 2. The highest BCUT2D eigenvalue weighted by atomic mass is 16.5. The van der Waals surface area contributed by atoms with E-state index in [2.05, 4.69) is 15.5 Å². The predicted molar refractivity (Wildman–Crippen MR) is 104 cm³/mol. The van der Waals surface area contributed by atoms with E-state index in [0.29, 0.717) is 18.8 Å². The van der Waals surface area contributed by atoms with E-state index in [-0.39, 0.29) is 5.91 Å². The van der Waals surface area contributed by atoms with Crippen LogP contribution < -0.4 is 10.1 Å². The van der Waals surface area contributed by atoms with E-state index in [9.17, 15) is 4.79 Å². The molecule has 0 spiro atoms. The predicted octanol–water partition coefficient (Wildman–Crippen LogP) is 3.80. The molecule has 1 amide bonds. The lowest BCUT2D eigenvalue weighted by Crippen LogP contribution is -2.24. The van der Waals surface area contributed by atoms with E-state index in [4.69, 9.17) is 4.74 Å². The Bertz CT molecular complexity index is 901. The number of hydrogen-bond acceptors (Lipinski definition) is 3. The van der Waals surface area contributed by atoms with Gasteiger partial charge in [-0.15, -0.1) is 0 Å². The minimum absolute atomic E-state index is 0.112. The molecule has 0 aliphatic heterocycles. The van der Waals surface area contributed by atoms with Gasteiger partial charge in [-0.2, -0.15) is 5.10 Å². The van der Waals surface area contributed by atoms with Gasteiger partial charge in [0.1, 0.15) is 12.4 Å². The molecule has 0 unspecified atom stereocenters. The smallest absolute Gasteiger partial charge is 0.272 e. The zero-order chi connectivity index (χ0) is 18.5. The van der Waals surface area contributed by atoms with Crippen molar-refractivity contribution in [2.45, 2.75) is 38.8 Å². The normalized spacial score (nSPS) is 13.0. The van der Waals surface area contributed by atoms with Gasteiger partial charge in [-0.05, 0) is 48.9 Å². The Morgan fingerprint density at radius 2 is 1.78 bits per heavy atom. The minimum Gasteiger partial charge on any atom is -0.489 e. The standard InChI is InChI=1S/C22H23N3O2/c26-22(21-19-8-4-5-9-20(19)24-25-21)23-14-16-10-12-18(13-11-16)27-15-17-6-2-1-3-7-17/h1-3,6-7,10-13H,4-5,8-9,14-15H2,(H,23,26)(H,24,25). The van der Waals surface area contributed by atoms with E-state index in [0.717, 1.165) is 53.8 Å². The molecular weight excluding hydrogens is 338 g/mol. The topological polar surface area (TPSA) is 67.0 Å². The Labute approximate surface area is 158 Å². The Hall–Kier alpha value is -3.08. The molecule has 0 atom stereocenters. The van der Waals surface area contributed by atoms with Crippen molar-refractivity contribution in [2.75, 3.05) is 0 Å². The summed E-state index contributed by atoms with van der Waals surface area (Å²) in [6, 6.07) is 17.9. The molecule has 1 aliphatic carbocycles. The number of rotatable bonds is 6. The zero-order valence-electron chi connectivity index (χ0n) is 15.2. The van der Waals surface area contributed by atoms with Crippen molar-refractivity contribution in [3.63, 3.8) is 0 Å². The lowest BCUT2D eigenvalue weighted by atomic mass is 9.96. The number of aromatic nitrogens is 2. The summed E-state index contributed by atoms with van der Waals surface area (Å²) < 4.78 is 5.79. The quantitative estimate of drug-likeness (QED) is 0.702. The summed E-state index contributed by atoms with van der Waals surface area (Å²) in [6.07, 6.45) is 4.20. The molecule has 2 aromatic carbocycles. The van der Waals surface area contributed by atoms with Gasteiger partial charge in [0, 0.05) is 17.8 Å². The lowest BCUT2D eigenvalue weighted by molar-refractivity contribution is 0.0945. The van der Waals surface area contributed by atoms with Gasteiger partial charge in [-0.25, -0.2) is 0 Å². The Kier molecular flexibility index (Phi) is 5.19. The van der Waals surface area contributed by atoms with Crippen LogP contribution in [0, 0.1) is 0 Å². The van der Waals surface area contributed by atoms with Crippen molar-refractivity contribution in [3.8, 4) is 5.75 Å². The largest absolute Gasteiger partial charge is 0.489 e. The van der Waals surface area contributed by atoms with E-state index >= 15 is 0 Å². The van der Waals surface area contributed by atoms with Gasteiger partial charge < -0.3 is 10.1 Å². The van der Waals surface area contributed by atoms with Crippen LogP contribution in [0.4, 0.5) is 0 Å². The van der Waals surface area contributed by atoms with Crippen LogP contribution >= 0.6 is 0 Å². The van der Waals surface area contributed by atoms with Crippen LogP contribution in [-0.4, -0.2) is 16.1 Å². The third-order valence-electron chi connectivity index (χ3n) is 4.90. The molecule has 0 fully saturated rings. The van der Waals surface area contributed by atoms with Crippen molar-refractivity contribution in [1.29, 1.82) is 0 Å². The van der Waals surface area contributed by atoms with Gasteiger partial charge in [-0.1, -0.05) is 42.5 Å². The average Bonchev–Trinajstić information content (AvgIpc) is 3.16. The monoisotopic (exact) mass is 361 g/mol. The number of aryl methyl sites for hydroxylation is 1. The highest BCUT2D eigenvalue weighted by molar-refractivity contribution is 5.94. The number of benzene rings is 2. The van der Waals surface area contributed by atoms with Gasteiger partial charge in [0.2, 0.25) is 0 Å². The van der Waals surface area contributed by atoms with E-state index < -0.39 is 0 Å². The summed E-state index contributed by atoms with van der Waals surface area (Å²) >= 11 is 0. The number of carbonyl (C=O) groups is 1. The highest BCUT2D eigenvalue weighted by Crippen LogP contribution is 2.22. The summed E-state index contributed by atoms with van der Waals surface area (Å²) in [7, 11) is 0. The molecular formula is C22H23N3O2. The molecule has 0 radical (unpaired) electrons. The zero-order valence-corrected chi connectivity index (χ0v) is 15.2. The van der Waals surface area contributed by atoms with E-state index in [1.165, 1.54) is 0 Å². The molecule has 3 aromatic rings. The molecule has 0 saturated heterocycles. The molecule has 1 aliphatic rings. The number of H-pyrrole nitrogens is 1. The lowest BCUT2D eigenvalue weighted by Gasteiger charge is -2.11. The summed E-state index contributed by atoms with van der Waals surface area (Å²) in [6.45, 7) is 1.01. The molecule has 5 heteroatoms. The number of nitrogens with zero attached hydrogens (tertiary/aromatic N) is 1. The van der Waals surface area contributed by atoms with Crippen LogP contribution in [0.2, 0.25) is 0 Å². The Morgan fingerprint density at radius 1 is 1.00 bits per heavy atom. The van der Waals surface area contributed by atoms with Crippen molar-refractivity contribution in [3.05, 3.63) is 82.7 Å². The third-order valence-corrected chi connectivity index (χ3v) is 4.90. The molecule has 0 saturated carbocycles. The van der Waals surface area contributed by atoms with Crippen LogP contribution in [0.15, 0.2) is 54.6 Å². The molecule has 0 bridgehead atoms. The van der Waals surface area contributed by atoms with Gasteiger partial charge in [0.05, 0.1) is 0 Å². The molecule has 2 N–H and O–H groups in total. The maximum atomic E-state index is 12.5. The Morgan fingerprint density at radius 3 is 2.59 bits per heavy atom. The van der Waals surface area contributed by atoms with Crippen molar-refractivity contribution >= 4 is 5.91 Å². The number of fused-ring (bicyclic) bond motifs is 1. The molecule has 4 rings (SSSR count). The average molecular weight is 361 g/mol. The van der Waals surface area contributed by atoms with E-state index in [1.54, 1.807) is 0 Å². The number of ether oxygens (including phenoxy) is 1. The number of carbonyl (C=O) groups excluding carboxylic acids is 1. The van der Waals surface area contributed by atoms with Crippen LogP contribution in [0.25, 0.3) is 0 Å². The van der Waals surface area contributed by atoms with Gasteiger partial charge in [0.25, 0.3) is 5.91 Å². The summed E-state index contributed by atoms with van der Waals surface area (Å²) in [5.41, 5.74) is 4.92. The first-order chi connectivity index (χ1) is 13.3. The van der Waals surface area contributed by atoms with Gasteiger partial charge >= 0.3 is 0 Å². The van der Waals surface area contributed by atoms with Crippen LogP contribution in [0.1, 0.15) is 45.7 Å². The van der Waals surface area contributed by atoms with Crippen LogP contribution in [0.5, 0.6) is 5.75 Å². The minimum atomic E-state index is -0.112. The molecule has 1 aromatic heterocycles. The fraction of sp³-hybridized carbons (Fsp3) is 0.273. The second kappa shape index (κ2) is 8.08. The first-order valence-electron chi connectivity index (χ1n) is 9.39. The molecule has 5 nitrogen and oxygen atoms in total. The summed E-state index contributed by atoms with van der Waals surface area (Å²) in [4.78, 5) is 12.5. The summed E-state index contributed by atoms with van der Waals surface area (Å²) in [5, 5.41) is 10.2. The second-order valence-electron chi connectivity index (χ2n) is 6.84. The van der Waals surface area contributed by atoms with Gasteiger partial charge in [0.15, 0.2) is 5.69 Å². The molecule has 138 valence electrons. The van der Waals surface area contributed by atoms with Crippen LogP contribution in [-0.2, 0) is 26.0 Å². The number of hydrogen-bond donors (Lipinski definition) is 2.